The number of amides is 1. The SMILES string of the molecule is NC(=O)c1sc2nc(OCC3CCC3)nc(-c3cccc(C(F)(F)F)c3)c2c1N. The quantitative estimate of drug-likeness (QED) is 0.640. The molecule has 0 atom stereocenters. The molecule has 4 rings (SSSR count). The average molecular weight is 422 g/mol. The van der Waals surface area contributed by atoms with Gasteiger partial charge in [-0.3, -0.25) is 4.79 Å². The van der Waals surface area contributed by atoms with Crippen molar-refractivity contribution in [1.82, 2.24) is 9.97 Å². The third-order valence-electron chi connectivity index (χ3n) is 4.93. The molecule has 1 aliphatic carbocycles. The lowest BCUT2D eigenvalue weighted by Gasteiger charge is -2.24. The van der Waals surface area contributed by atoms with Gasteiger partial charge in [0, 0.05) is 5.56 Å². The number of halogens is 3. The van der Waals surface area contributed by atoms with Gasteiger partial charge in [0.25, 0.3) is 5.91 Å². The predicted octanol–water partition coefficient (Wildman–Crippen LogP) is 4.24. The van der Waals surface area contributed by atoms with Gasteiger partial charge in [0.15, 0.2) is 0 Å². The number of rotatable bonds is 5. The standard InChI is InChI=1S/C19H17F3N4O2S/c20-19(21,22)11-6-2-5-10(7-11)14-12-13(23)15(16(24)27)29-17(12)26-18(25-14)28-8-9-3-1-4-9/h2,5-7,9H,1,3-4,8,23H2,(H2,24,27). The fourth-order valence-electron chi connectivity index (χ4n) is 3.15. The number of primary amides is 1. The van der Waals surface area contributed by atoms with E-state index in [2.05, 4.69) is 9.97 Å². The minimum Gasteiger partial charge on any atom is -0.463 e. The van der Waals surface area contributed by atoms with Crippen molar-refractivity contribution < 1.29 is 22.7 Å². The molecule has 1 fully saturated rings. The van der Waals surface area contributed by atoms with E-state index in [0.717, 1.165) is 42.7 Å². The van der Waals surface area contributed by atoms with E-state index in [1.54, 1.807) is 0 Å². The molecule has 1 aromatic carbocycles. The maximum atomic E-state index is 13.2. The second-order valence-corrected chi connectivity index (χ2v) is 7.93. The summed E-state index contributed by atoms with van der Waals surface area (Å²) in [6.45, 7) is 0.428. The molecule has 10 heteroatoms. The number of thiophene rings is 1. The summed E-state index contributed by atoms with van der Waals surface area (Å²) in [7, 11) is 0. The molecule has 2 aromatic heterocycles. The van der Waals surface area contributed by atoms with Crippen LogP contribution in [0.15, 0.2) is 24.3 Å². The molecule has 0 bridgehead atoms. The lowest BCUT2D eigenvalue weighted by molar-refractivity contribution is -0.137. The normalized spacial score (nSPS) is 14.7. The number of hydrogen-bond donors (Lipinski definition) is 2. The van der Waals surface area contributed by atoms with Crippen molar-refractivity contribution >= 4 is 33.1 Å². The van der Waals surface area contributed by atoms with E-state index in [0.29, 0.717) is 22.7 Å². The van der Waals surface area contributed by atoms with E-state index in [4.69, 9.17) is 16.2 Å². The molecule has 29 heavy (non-hydrogen) atoms. The third-order valence-corrected chi connectivity index (χ3v) is 6.04. The van der Waals surface area contributed by atoms with Gasteiger partial charge >= 0.3 is 12.2 Å². The Morgan fingerprint density at radius 3 is 2.66 bits per heavy atom. The van der Waals surface area contributed by atoms with Crippen molar-refractivity contribution in [3.8, 4) is 17.3 Å². The van der Waals surface area contributed by atoms with Gasteiger partial charge < -0.3 is 16.2 Å². The fourth-order valence-corrected chi connectivity index (χ4v) is 4.09. The van der Waals surface area contributed by atoms with Crippen molar-refractivity contribution in [3.05, 3.63) is 34.7 Å². The van der Waals surface area contributed by atoms with Gasteiger partial charge in [-0.25, -0.2) is 0 Å². The number of nitrogens with two attached hydrogens (primary N) is 2. The van der Waals surface area contributed by atoms with Crippen LogP contribution in [0.4, 0.5) is 18.9 Å². The number of alkyl halides is 3. The van der Waals surface area contributed by atoms with Crippen molar-refractivity contribution in [3.63, 3.8) is 0 Å². The molecule has 0 radical (unpaired) electrons. The van der Waals surface area contributed by atoms with Gasteiger partial charge in [-0.1, -0.05) is 18.6 Å². The van der Waals surface area contributed by atoms with Crippen molar-refractivity contribution in [2.24, 2.45) is 11.7 Å². The molecule has 4 N–H and O–H groups in total. The Labute approximate surface area is 167 Å². The summed E-state index contributed by atoms with van der Waals surface area (Å²) in [6.07, 6.45) is -1.25. The largest absolute Gasteiger partial charge is 0.463 e. The zero-order valence-electron chi connectivity index (χ0n) is 15.1. The molecule has 0 aliphatic heterocycles. The van der Waals surface area contributed by atoms with Gasteiger partial charge in [-0.15, -0.1) is 11.3 Å². The zero-order valence-corrected chi connectivity index (χ0v) is 15.9. The minimum atomic E-state index is -4.51. The fraction of sp³-hybridized carbons (Fsp3) is 0.316. The molecular formula is C19H17F3N4O2S. The summed E-state index contributed by atoms with van der Waals surface area (Å²) in [5, 5.41) is 0.291. The first-order chi connectivity index (χ1) is 13.7. The maximum Gasteiger partial charge on any atom is 0.416 e. The van der Waals surface area contributed by atoms with E-state index < -0.39 is 17.6 Å². The first kappa shape index (κ1) is 19.4. The van der Waals surface area contributed by atoms with E-state index >= 15 is 0 Å². The summed E-state index contributed by atoms with van der Waals surface area (Å²) in [5.74, 6) is -0.321. The Morgan fingerprint density at radius 2 is 2.03 bits per heavy atom. The molecule has 1 amide bonds. The monoisotopic (exact) mass is 422 g/mol. The highest BCUT2D eigenvalue weighted by Gasteiger charge is 2.31. The molecule has 0 spiro atoms. The van der Waals surface area contributed by atoms with Crippen LogP contribution in [0, 0.1) is 5.92 Å². The number of carbonyl (C=O) groups is 1. The number of nitrogens with zero attached hydrogens (tertiary/aromatic N) is 2. The summed E-state index contributed by atoms with van der Waals surface area (Å²) in [4.78, 5) is 20.7. The third kappa shape index (κ3) is 3.71. The number of benzene rings is 1. The highest BCUT2D eigenvalue weighted by molar-refractivity contribution is 7.21. The van der Waals surface area contributed by atoms with Gasteiger partial charge in [0.05, 0.1) is 28.9 Å². The summed E-state index contributed by atoms with van der Waals surface area (Å²) in [6, 6.07) is 4.78. The Morgan fingerprint density at radius 1 is 1.28 bits per heavy atom. The molecule has 2 heterocycles. The lowest BCUT2D eigenvalue weighted by Crippen LogP contribution is -2.20. The Balaban J connectivity index is 1.86. The van der Waals surface area contributed by atoms with Gasteiger partial charge in [0.2, 0.25) is 0 Å². The average Bonchev–Trinajstić information content (AvgIpc) is 2.96. The molecule has 6 nitrogen and oxygen atoms in total. The Hall–Kier alpha value is -2.88. The number of ether oxygens (including phenoxy) is 1. The predicted molar refractivity (Wildman–Crippen MR) is 104 cm³/mol. The van der Waals surface area contributed by atoms with Crippen LogP contribution >= 0.6 is 11.3 Å². The van der Waals surface area contributed by atoms with Crippen molar-refractivity contribution in [2.75, 3.05) is 12.3 Å². The van der Waals surface area contributed by atoms with Crippen LogP contribution in [0.5, 0.6) is 6.01 Å². The van der Waals surface area contributed by atoms with E-state index in [1.807, 2.05) is 0 Å². The van der Waals surface area contributed by atoms with Gasteiger partial charge in [-0.05, 0) is 30.9 Å². The number of nitrogen functional groups attached to an aromatic ring is 1. The van der Waals surface area contributed by atoms with Crippen LogP contribution in [0.1, 0.15) is 34.5 Å². The second-order valence-electron chi connectivity index (χ2n) is 6.93. The number of hydrogen-bond acceptors (Lipinski definition) is 6. The number of anilines is 1. The smallest absolute Gasteiger partial charge is 0.416 e. The zero-order chi connectivity index (χ0) is 20.8. The van der Waals surface area contributed by atoms with E-state index in [-0.39, 0.29) is 27.8 Å². The van der Waals surface area contributed by atoms with E-state index in [1.165, 1.54) is 12.1 Å². The Bertz CT molecular complexity index is 1090. The first-order valence-corrected chi connectivity index (χ1v) is 9.76. The molecule has 1 saturated carbocycles. The van der Waals surface area contributed by atoms with E-state index in [9.17, 15) is 18.0 Å². The number of fused-ring (bicyclic) bond motifs is 1. The first-order valence-electron chi connectivity index (χ1n) is 8.94. The summed E-state index contributed by atoms with van der Waals surface area (Å²) in [5.41, 5.74) is 11.0. The Kier molecular flexibility index (Phi) is 4.81. The number of aromatic nitrogens is 2. The molecule has 152 valence electrons. The van der Waals surface area contributed by atoms with Gasteiger partial charge in [-0.2, -0.15) is 23.1 Å². The van der Waals surface area contributed by atoms with Crippen LogP contribution < -0.4 is 16.2 Å². The molecular weight excluding hydrogens is 405 g/mol. The maximum absolute atomic E-state index is 13.2. The topological polar surface area (TPSA) is 104 Å². The molecule has 0 unspecified atom stereocenters. The summed E-state index contributed by atoms with van der Waals surface area (Å²) < 4.78 is 45.2. The van der Waals surface area contributed by atoms with Crippen LogP contribution in [0.3, 0.4) is 0 Å². The highest BCUT2D eigenvalue weighted by Crippen LogP contribution is 2.40. The number of carbonyl (C=O) groups excluding carboxylic acids is 1. The van der Waals surface area contributed by atoms with Crippen LogP contribution in [-0.4, -0.2) is 22.5 Å². The highest BCUT2D eigenvalue weighted by atomic mass is 32.1. The van der Waals surface area contributed by atoms with Crippen molar-refractivity contribution in [2.45, 2.75) is 25.4 Å². The molecule has 1 aliphatic rings. The summed E-state index contributed by atoms with van der Waals surface area (Å²) >= 11 is 0.966. The molecule has 0 saturated heterocycles. The van der Waals surface area contributed by atoms with Crippen molar-refractivity contribution in [1.29, 1.82) is 0 Å². The minimum absolute atomic E-state index is 0.0362. The molecule has 3 aromatic rings. The van der Waals surface area contributed by atoms with Crippen LogP contribution in [-0.2, 0) is 6.18 Å². The lowest BCUT2D eigenvalue weighted by atomic mass is 9.86. The van der Waals surface area contributed by atoms with Crippen LogP contribution in [0.25, 0.3) is 21.5 Å². The van der Waals surface area contributed by atoms with Gasteiger partial charge in [0.1, 0.15) is 9.71 Å². The van der Waals surface area contributed by atoms with Crippen LogP contribution in [0.2, 0.25) is 0 Å². The second kappa shape index (κ2) is 7.18.